The van der Waals surface area contributed by atoms with Crippen LogP contribution in [0.1, 0.15) is 13.8 Å². The molecule has 0 aliphatic rings. The number of amides is 3. The first kappa shape index (κ1) is 22.3. The van der Waals surface area contributed by atoms with Crippen molar-refractivity contribution >= 4 is 46.4 Å². The summed E-state index contributed by atoms with van der Waals surface area (Å²) in [6, 6.07) is 10.6. The van der Waals surface area contributed by atoms with E-state index in [1.807, 2.05) is 6.92 Å². The first-order valence-corrected chi connectivity index (χ1v) is 9.29. The third-order valence-corrected chi connectivity index (χ3v) is 4.11. The van der Waals surface area contributed by atoms with Gasteiger partial charge in [0.1, 0.15) is 5.82 Å². The maximum Gasteiger partial charge on any atom is 0.238 e. The van der Waals surface area contributed by atoms with E-state index in [0.717, 1.165) is 6.07 Å². The third kappa shape index (κ3) is 7.52. The fourth-order valence-electron chi connectivity index (χ4n) is 2.51. The van der Waals surface area contributed by atoms with Gasteiger partial charge in [0, 0.05) is 23.3 Å². The largest absolute Gasteiger partial charge is 0.326 e. The van der Waals surface area contributed by atoms with Crippen LogP contribution in [0.25, 0.3) is 0 Å². The molecule has 2 aromatic rings. The maximum atomic E-state index is 13.8. The second kappa shape index (κ2) is 10.5. The van der Waals surface area contributed by atoms with Crippen LogP contribution < -0.4 is 16.0 Å². The highest BCUT2D eigenvalue weighted by Gasteiger charge is 2.15. The van der Waals surface area contributed by atoms with Gasteiger partial charge in [-0.25, -0.2) is 4.39 Å². The van der Waals surface area contributed by atoms with Gasteiger partial charge in [0.05, 0.1) is 18.8 Å². The van der Waals surface area contributed by atoms with Gasteiger partial charge in [-0.05, 0) is 49.0 Å². The number of halogens is 2. The number of nitrogens with one attached hydrogen (secondary N) is 3. The molecule has 2 aromatic carbocycles. The predicted molar refractivity (Wildman–Crippen MR) is 112 cm³/mol. The molecule has 0 unspecified atom stereocenters. The lowest BCUT2D eigenvalue weighted by Crippen LogP contribution is -2.38. The summed E-state index contributed by atoms with van der Waals surface area (Å²) in [6.45, 7) is 3.58. The summed E-state index contributed by atoms with van der Waals surface area (Å²) in [7, 11) is 0. The molecule has 0 aliphatic heterocycles. The number of carbonyl (C=O) groups is 3. The standard InChI is InChI=1S/C20H22ClFN4O3/c1-3-26(12-20(29)25-18-9-4-14(21)10-17(18)22)11-19(28)24-16-7-5-15(6-8-16)23-13(2)27/h4-10H,3,11-12H2,1-2H3,(H,23,27)(H,24,28)(H,25,29). The van der Waals surface area contributed by atoms with E-state index in [0.29, 0.717) is 17.9 Å². The number of likely N-dealkylation sites (N-methyl/N-ethyl adjacent to an activating group) is 1. The molecule has 7 nitrogen and oxygen atoms in total. The SMILES string of the molecule is CCN(CC(=O)Nc1ccc(NC(C)=O)cc1)CC(=O)Nc1ccc(Cl)cc1F. The van der Waals surface area contributed by atoms with E-state index in [4.69, 9.17) is 11.6 Å². The zero-order chi connectivity index (χ0) is 21.4. The molecular weight excluding hydrogens is 399 g/mol. The van der Waals surface area contributed by atoms with Crippen LogP contribution in [0.2, 0.25) is 5.02 Å². The number of benzene rings is 2. The van der Waals surface area contributed by atoms with Crippen LogP contribution in [-0.4, -0.2) is 42.3 Å². The van der Waals surface area contributed by atoms with E-state index >= 15 is 0 Å². The molecule has 0 aromatic heterocycles. The fraction of sp³-hybridized carbons (Fsp3) is 0.250. The lowest BCUT2D eigenvalue weighted by atomic mass is 10.2. The van der Waals surface area contributed by atoms with Crippen molar-refractivity contribution in [3.63, 3.8) is 0 Å². The van der Waals surface area contributed by atoms with Crippen molar-refractivity contribution in [3.8, 4) is 0 Å². The Morgan fingerprint density at radius 2 is 1.48 bits per heavy atom. The number of hydrogen-bond donors (Lipinski definition) is 3. The van der Waals surface area contributed by atoms with Crippen molar-refractivity contribution in [2.24, 2.45) is 0 Å². The number of nitrogens with zero attached hydrogens (tertiary/aromatic N) is 1. The molecule has 0 heterocycles. The van der Waals surface area contributed by atoms with Crippen molar-refractivity contribution in [2.45, 2.75) is 13.8 Å². The molecule has 0 bridgehead atoms. The van der Waals surface area contributed by atoms with Gasteiger partial charge in [0.2, 0.25) is 17.7 Å². The first-order chi connectivity index (χ1) is 13.8. The summed E-state index contributed by atoms with van der Waals surface area (Å²) in [6.07, 6.45) is 0. The maximum absolute atomic E-state index is 13.8. The quantitative estimate of drug-likeness (QED) is 0.611. The molecule has 0 radical (unpaired) electrons. The van der Waals surface area contributed by atoms with E-state index in [1.165, 1.54) is 19.1 Å². The summed E-state index contributed by atoms with van der Waals surface area (Å²) >= 11 is 5.69. The van der Waals surface area contributed by atoms with Gasteiger partial charge in [0.15, 0.2) is 0 Å². The van der Waals surface area contributed by atoms with E-state index in [9.17, 15) is 18.8 Å². The van der Waals surface area contributed by atoms with E-state index < -0.39 is 11.7 Å². The fourth-order valence-corrected chi connectivity index (χ4v) is 2.67. The van der Waals surface area contributed by atoms with Crippen LogP contribution in [0.5, 0.6) is 0 Å². The Balaban J connectivity index is 1.87. The molecule has 2 rings (SSSR count). The summed E-state index contributed by atoms with van der Waals surface area (Å²) in [5, 5.41) is 8.06. The number of anilines is 3. The molecule has 3 amide bonds. The highest BCUT2D eigenvalue weighted by Crippen LogP contribution is 2.19. The van der Waals surface area contributed by atoms with Gasteiger partial charge in [-0.3, -0.25) is 19.3 Å². The van der Waals surface area contributed by atoms with Gasteiger partial charge in [-0.1, -0.05) is 18.5 Å². The molecule has 0 atom stereocenters. The summed E-state index contributed by atoms with van der Waals surface area (Å²) in [5.74, 6) is -1.56. The highest BCUT2D eigenvalue weighted by atomic mass is 35.5. The average molecular weight is 421 g/mol. The molecule has 3 N–H and O–H groups in total. The highest BCUT2D eigenvalue weighted by molar-refractivity contribution is 6.30. The van der Waals surface area contributed by atoms with E-state index in [-0.39, 0.29) is 35.6 Å². The molecule has 0 spiro atoms. The second-order valence-electron chi connectivity index (χ2n) is 6.28. The van der Waals surface area contributed by atoms with Crippen molar-refractivity contribution in [3.05, 3.63) is 53.3 Å². The lowest BCUT2D eigenvalue weighted by molar-refractivity contribution is -0.120. The monoisotopic (exact) mass is 420 g/mol. The Hall–Kier alpha value is -2.97. The summed E-state index contributed by atoms with van der Waals surface area (Å²) < 4.78 is 13.8. The average Bonchev–Trinajstić information content (AvgIpc) is 2.64. The van der Waals surface area contributed by atoms with E-state index in [2.05, 4.69) is 16.0 Å². The minimum atomic E-state index is -0.630. The van der Waals surface area contributed by atoms with Gasteiger partial charge in [-0.15, -0.1) is 0 Å². The molecule has 0 aliphatic carbocycles. The summed E-state index contributed by atoms with van der Waals surface area (Å²) in [4.78, 5) is 37.0. The van der Waals surface area contributed by atoms with Crippen molar-refractivity contribution in [1.29, 1.82) is 0 Å². The van der Waals surface area contributed by atoms with Crippen LogP contribution in [0.3, 0.4) is 0 Å². The normalized spacial score (nSPS) is 10.5. The van der Waals surface area contributed by atoms with Crippen LogP contribution in [0, 0.1) is 5.82 Å². The van der Waals surface area contributed by atoms with Crippen molar-refractivity contribution in [2.75, 3.05) is 35.6 Å². The zero-order valence-electron chi connectivity index (χ0n) is 16.1. The van der Waals surface area contributed by atoms with Crippen molar-refractivity contribution in [1.82, 2.24) is 4.90 Å². The Morgan fingerprint density at radius 1 is 0.931 bits per heavy atom. The van der Waals surface area contributed by atoms with Crippen LogP contribution >= 0.6 is 11.6 Å². The van der Waals surface area contributed by atoms with Crippen molar-refractivity contribution < 1.29 is 18.8 Å². The van der Waals surface area contributed by atoms with Gasteiger partial charge < -0.3 is 16.0 Å². The molecule has 29 heavy (non-hydrogen) atoms. The molecular formula is C20H22ClFN4O3. The third-order valence-electron chi connectivity index (χ3n) is 3.88. The molecule has 0 fully saturated rings. The minimum Gasteiger partial charge on any atom is -0.326 e. The van der Waals surface area contributed by atoms with Crippen LogP contribution in [-0.2, 0) is 14.4 Å². The lowest BCUT2D eigenvalue weighted by Gasteiger charge is -2.19. The number of rotatable bonds is 8. The van der Waals surface area contributed by atoms with Gasteiger partial charge in [0.25, 0.3) is 0 Å². The topological polar surface area (TPSA) is 90.5 Å². The predicted octanol–water partition coefficient (Wildman–Crippen LogP) is 3.34. The first-order valence-electron chi connectivity index (χ1n) is 8.91. The molecule has 0 saturated heterocycles. The number of hydrogen-bond acceptors (Lipinski definition) is 4. The number of carbonyl (C=O) groups excluding carboxylic acids is 3. The Kier molecular flexibility index (Phi) is 8.11. The van der Waals surface area contributed by atoms with Crippen LogP contribution in [0.4, 0.5) is 21.5 Å². The zero-order valence-corrected chi connectivity index (χ0v) is 16.8. The Morgan fingerprint density at radius 3 is 2.00 bits per heavy atom. The molecule has 154 valence electrons. The Labute approximate surface area is 173 Å². The summed E-state index contributed by atoms with van der Waals surface area (Å²) in [5.41, 5.74) is 1.21. The van der Waals surface area contributed by atoms with Crippen LogP contribution in [0.15, 0.2) is 42.5 Å². The van der Waals surface area contributed by atoms with Gasteiger partial charge >= 0.3 is 0 Å². The minimum absolute atomic E-state index is 0.0134. The second-order valence-corrected chi connectivity index (χ2v) is 6.72. The molecule has 0 saturated carbocycles. The Bertz CT molecular complexity index is 890. The van der Waals surface area contributed by atoms with Gasteiger partial charge in [-0.2, -0.15) is 0 Å². The molecule has 9 heteroatoms. The smallest absolute Gasteiger partial charge is 0.238 e. The van der Waals surface area contributed by atoms with E-state index in [1.54, 1.807) is 29.2 Å².